The molecule has 1 aliphatic carbocycles. The van der Waals surface area contributed by atoms with Gasteiger partial charge in [-0.1, -0.05) is 25.7 Å². The van der Waals surface area contributed by atoms with Crippen molar-refractivity contribution in [1.29, 1.82) is 0 Å². The summed E-state index contributed by atoms with van der Waals surface area (Å²) >= 11 is 0. The molecule has 0 amide bonds. The van der Waals surface area contributed by atoms with Crippen LogP contribution in [0.4, 0.5) is 14.5 Å². The van der Waals surface area contributed by atoms with E-state index in [1.54, 1.807) is 0 Å². The first-order valence-corrected chi connectivity index (χ1v) is 6.96. The third kappa shape index (κ3) is 3.87. The molecule has 0 radical (unpaired) electrons. The van der Waals surface area contributed by atoms with Crippen molar-refractivity contribution in [2.75, 3.05) is 6.61 Å². The molecular formula is C14H18F2N2O3. The Labute approximate surface area is 121 Å². The highest BCUT2D eigenvalue weighted by Crippen LogP contribution is 2.30. The maximum atomic E-state index is 13.7. The number of nitrogens with zero attached hydrogens (tertiary/aromatic N) is 1. The molecule has 0 aliphatic heterocycles. The molecule has 7 heteroatoms. The standard InChI is InChI=1S/C14H18F2N2O3/c15-11-7-10(18(19)20)8-12(16)13(11)21-9-14(17)5-3-1-2-4-6-14/h7-8H,1-6,9,17H2. The fourth-order valence-corrected chi connectivity index (χ4v) is 2.58. The lowest BCUT2D eigenvalue weighted by molar-refractivity contribution is -0.385. The fraction of sp³-hybridized carbons (Fsp3) is 0.571. The number of hydrogen-bond donors (Lipinski definition) is 1. The Morgan fingerprint density at radius 2 is 1.71 bits per heavy atom. The number of nitro benzene ring substituents is 1. The van der Waals surface area contributed by atoms with Gasteiger partial charge in [0, 0.05) is 0 Å². The topological polar surface area (TPSA) is 78.4 Å². The van der Waals surface area contributed by atoms with Crippen LogP contribution >= 0.6 is 0 Å². The molecule has 116 valence electrons. The predicted octanol–water partition coefficient (Wildman–Crippen LogP) is 3.30. The van der Waals surface area contributed by atoms with Gasteiger partial charge in [0.25, 0.3) is 5.69 Å². The molecule has 1 aromatic carbocycles. The van der Waals surface area contributed by atoms with Crippen molar-refractivity contribution in [3.8, 4) is 5.75 Å². The van der Waals surface area contributed by atoms with E-state index < -0.39 is 33.5 Å². The molecule has 0 aromatic heterocycles. The van der Waals surface area contributed by atoms with Gasteiger partial charge in [-0.05, 0) is 12.8 Å². The Bertz CT molecular complexity index is 506. The highest BCUT2D eigenvalue weighted by atomic mass is 19.1. The maximum Gasteiger partial charge on any atom is 0.275 e. The molecule has 0 heterocycles. The van der Waals surface area contributed by atoms with Crippen LogP contribution in [0.2, 0.25) is 0 Å². The molecule has 1 fully saturated rings. The molecule has 1 aromatic rings. The zero-order valence-corrected chi connectivity index (χ0v) is 11.6. The smallest absolute Gasteiger partial charge is 0.275 e. The summed E-state index contributed by atoms with van der Waals surface area (Å²) in [6, 6.07) is 1.30. The summed E-state index contributed by atoms with van der Waals surface area (Å²) in [5.41, 5.74) is 4.96. The van der Waals surface area contributed by atoms with Crippen LogP contribution in [0.25, 0.3) is 0 Å². The molecule has 0 atom stereocenters. The summed E-state index contributed by atoms with van der Waals surface area (Å²) < 4.78 is 32.6. The highest BCUT2D eigenvalue weighted by Gasteiger charge is 2.28. The molecule has 0 spiro atoms. The van der Waals surface area contributed by atoms with Crippen LogP contribution < -0.4 is 10.5 Å². The van der Waals surface area contributed by atoms with Crippen LogP contribution in [0.5, 0.6) is 5.75 Å². The summed E-state index contributed by atoms with van der Waals surface area (Å²) in [7, 11) is 0. The van der Waals surface area contributed by atoms with E-state index >= 15 is 0 Å². The molecule has 2 N–H and O–H groups in total. The van der Waals surface area contributed by atoms with Crippen LogP contribution in [-0.4, -0.2) is 17.1 Å². The summed E-state index contributed by atoms with van der Waals surface area (Å²) in [6.07, 6.45) is 5.60. The quantitative estimate of drug-likeness (QED) is 0.525. The third-order valence-corrected chi connectivity index (χ3v) is 3.80. The van der Waals surface area contributed by atoms with Crippen molar-refractivity contribution in [3.05, 3.63) is 33.9 Å². The molecule has 0 saturated heterocycles. The molecule has 1 aliphatic rings. The minimum Gasteiger partial charge on any atom is -0.486 e. The first-order valence-electron chi connectivity index (χ1n) is 6.96. The van der Waals surface area contributed by atoms with Crippen molar-refractivity contribution in [1.82, 2.24) is 0 Å². The van der Waals surface area contributed by atoms with Crippen LogP contribution in [0.3, 0.4) is 0 Å². The summed E-state index contributed by atoms with van der Waals surface area (Å²) in [5.74, 6) is -2.77. The van der Waals surface area contributed by atoms with E-state index in [0.29, 0.717) is 12.1 Å². The molecule has 0 bridgehead atoms. The lowest BCUT2D eigenvalue weighted by Crippen LogP contribution is -2.45. The average molecular weight is 300 g/mol. The van der Waals surface area contributed by atoms with Crippen molar-refractivity contribution >= 4 is 5.69 Å². The van der Waals surface area contributed by atoms with Gasteiger partial charge in [-0.15, -0.1) is 0 Å². The Balaban J connectivity index is 2.11. The van der Waals surface area contributed by atoms with Gasteiger partial charge in [-0.3, -0.25) is 10.1 Å². The molecule has 5 nitrogen and oxygen atoms in total. The van der Waals surface area contributed by atoms with E-state index in [0.717, 1.165) is 38.5 Å². The predicted molar refractivity (Wildman–Crippen MR) is 73.1 cm³/mol. The number of nitrogens with two attached hydrogens (primary N) is 1. The fourth-order valence-electron chi connectivity index (χ4n) is 2.58. The number of rotatable bonds is 4. The first kappa shape index (κ1) is 15.6. The van der Waals surface area contributed by atoms with Crippen LogP contribution in [0.15, 0.2) is 12.1 Å². The largest absolute Gasteiger partial charge is 0.486 e. The van der Waals surface area contributed by atoms with Gasteiger partial charge >= 0.3 is 0 Å². The molecular weight excluding hydrogens is 282 g/mol. The lowest BCUT2D eigenvalue weighted by atomic mass is 9.92. The van der Waals surface area contributed by atoms with E-state index in [1.165, 1.54) is 0 Å². The van der Waals surface area contributed by atoms with Gasteiger partial charge in [-0.25, -0.2) is 8.78 Å². The van der Waals surface area contributed by atoms with Gasteiger partial charge in [0.15, 0.2) is 17.4 Å². The number of hydrogen-bond acceptors (Lipinski definition) is 4. The maximum absolute atomic E-state index is 13.7. The highest BCUT2D eigenvalue weighted by molar-refractivity contribution is 5.39. The number of benzene rings is 1. The van der Waals surface area contributed by atoms with Crippen molar-refractivity contribution < 1.29 is 18.4 Å². The van der Waals surface area contributed by atoms with Crippen molar-refractivity contribution in [2.45, 2.75) is 44.1 Å². The minimum atomic E-state index is -1.08. The zero-order chi connectivity index (χ0) is 15.5. The molecule has 0 unspecified atom stereocenters. The first-order chi connectivity index (χ1) is 9.91. The second-order valence-corrected chi connectivity index (χ2v) is 5.56. The lowest BCUT2D eigenvalue weighted by Gasteiger charge is -2.28. The molecule has 1 saturated carbocycles. The average Bonchev–Trinajstić information content (AvgIpc) is 2.62. The van der Waals surface area contributed by atoms with E-state index in [2.05, 4.69) is 0 Å². The Hall–Kier alpha value is -1.76. The van der Waals surface area contributed by atoms with Gasteiger partial charge in [0.2, 0.25) is 0 Å². The zero-order valence-electron chi connectivity index (χ0n) is 11.6. The second kappa shape index (κ2) is 6.34. The van der Waals surface area contributed by atoms with E-state index in [9.17, 15) is 18.9 Å². The second-order valence-electron chi connectivity index (χ2n) is 5.56. The summed E-state index contributed by atoms with van der Waals surface area (Å²) in [4.78, 5) is 9.67. The van der Waals surface area contributed by atoms with E-state index in [-0.39, 0.29) is 6.61 Å². The number of halogens is 2. The van der Waals surface area contributed by atoms with Gasteiger partial charge < -0.3 is 10.5 Å². The Morgan fingerprint density at radius 3 is 2.19 bits per heavy atom. The third-order valence-electron chi connectivity index (χ3n) is 3.80. The van der Waals surface area contributed by atoms with Crippen LogP contribution in [0.1, 0.15) is 38.5 Å². The van der Waals surface area contributed by atoms with Crippen LogP contribution in [0, 0.1) is 21.7 Å². The molecule has 21 heavy (non-hydrogen) atoms. The van der Waals surface area contributed by atoms with Crippen LogP contribution in [-0.2, 0) is 0 Å². The normalized spacial score (nSPS) is 18.0. The molecule has 2 rings (SSSR count). The minimum absolute atomic E-state index is 0.00134. The van der Waals surface area contributed by atoms with E-state index in [4.69, 9.17) is 10.5 Å². The van der Waals surface area contributed by atoms with Crippen molar-refractivity contribution in [2.24, 2.45) is 5.73 Å². The monoisotopic (exact) mass is 300 g/mol. The number of non-ortho nitro benzene ring substituents is 1. The SMILES string of the molecule is NC1(COc2c(F)cc([N+](=O)[O-])cc2F)CCCCCC1. The van der Waals surface area contributed by atoms with Gasteiger partial charge in [0.05, 0.1) is 22.6 Å². The van der Waals surface area contributed by atoms with Crippen molar-refractivity contribution in [3.63, 3.8) is 0 Å². The van der Waals surface area contributed by atoms with Gasteiger partial charge in [0.1, 0.15) is 6.61 Å². The van der Waals surface area contributed by atoms with Gasteiger partial charge in [-0.2, -0.15) is 0 Å². The summed E-state index contributed by atoms with van der Waals surface area (Å²) in [5, 5.41) is 10.5. The number of nitro groups is 1. The van der Waals surface area contributed by atoms with E-state index in [1.807, 2.05) is 0 Å². The number of ether oxygens (including phenoxy) is 1. The Morgan fingerprint density at radius 1 is 1.19 bits per heavy atom. The Kier molecular flexibility index (Phi) is 4.72. The summed E-state index contributed by atoms with van der Waals surface area (Å²) in [6.45, 7) is -0.00134.